The van der Waals surface area contributed by atoms with Crippen LogP contribution in [0.2, 0.25) is 5.02 Å². The van der Waals surface area contributed by atoms with E-state index in [1.54, 1.807) is 24.3 Å². The second kappa shape index (κ2) is 8.45. The normalized spacial score (nSPS) is 15.0. The summed E-state index contributed by atoms with van der Waals surface area (Å²) in [5, 5.41) is 9.22. The van der Waals surface area contributed by atoms with Gasteiger partial charge in [-0.2, -0.15) is 5.10 Å². The number of rotatable bonds is 4. The van der Waals surface area contributed by atoms with Crippen LogP contribution in [0, 0.1) is 0 Å². The van der Waals surface area contributed by atoms with Crippen molar-refractivity contribution in [1.82, 2.24) is 20.1 Å². The van der Waals surface area contributed by atoms with Gasteiger partial charge in [0.25, 0.3) is 5.91 Å². The molecule has 1 saturated heterocycles. The number of aryl methyl sites for hydroxylation is 2. The Morgan fingerprint density at radius 2 is 1.88 bits per heavy atom. The summed E-state index contributed by atoms with van der Waals surface area (Å²) >= 11 is 6.01. The molecule has 0 atom stereocenters. The Morgan fingerprint density at radius 1 is 1.08 bits per heavy atom. The molecule has 0 aliphatic carbocycles. The smallest absolute Gasteiger partial charge is 0.253 e. The van der Waals surface area contributed by atoms with Crippen LogP contribution in [0.5, 0.6) is 0 Å². The average molecular weight is 374 g/mol. The van der Waals surface area contributed by atoms with Gasteiger partial charge in [-0.15, -0.1) is 5.10 Å². The van der Waals surface area contributed by atoms with E-state index in [9.17, 15) is 4.79 Å². The van der Waals surface area contributed by atoms with Crippen LogP contribution in [0.15, 0.2) is 24.3 Å². The largest absolute Gasteiger partial charge is 0.338 e. The third-order valence-electron chi connectivity index (χ3n) is 4.64. The number of nitrogens with zero attached hydrogens (tertiary/aromatic N) is 5. The maximum absolute atomic E-state index is 12.7. The van der Waals surface area contributed by atoms with Crippen LogP contribution >= 0.6 is 11.6 Å². The molecule has 1 aromatic heterocycles. The molecule has 2 aromatic rings. The quantitative estimate of drug-likeness (QED) is 0.824. The van der Waals surface area contributed by atoms with E-state index in [1.807, 2.05) is 4.90 Å². The minimum Gasteiger partial charge on any atom is -0.338 e. The van der Waals surface area contributed by atoms with Crippen molar-refractivity contribution in [2.24, 2.45) is 0 Å². The fraction of sp³-hybridized carbons (Fsp3) is 0.474. The summed E-state index contributed by atoms with van der Waals surface area (Å²) in [4.78, 5) is 21.4. The Bertz CT molecular complexity index is 782. The standard InChI is InChI=1S/C19H24ClN5O/c1-3-16-17(4-2)22-23-19(21-16)25-10-6-9-24(11-12-25)18(26)14-7-5-8-15(20)13-14/h5,7-8,13H,3-4,6,9-12H2,1-2H3. The summed E-state index contributed by atoms with van der Waals surface area (Å²) < 4.78 is 0. The average Bonchev–Trinajstić information content (AvgIpc) is 2.93. The summed E-state index contributed by atoms with van der Waals surface area (Å²) in [5.41, 5.74) is 2.60. The lowest BCUT2D eigenvalue weighted by Gasteiger charge is -2.22. The molecule has 0 N–H and O–H groups in total. The van der Waals surface area contributed by atoms with Gasteiger partial charge in [0.05, 0.1) is 11.4 Å². The number of hydrogen-bond acceptors (Lipinski definition) is 5. The number of halogens is 1. The monoisotopic (exact) mass is 373 g/mol. The molecule has 6 nitrogen and oxygen atoms in total. The maximum Gasteiger partial charge on any atom is 0.253 e. The van der Waals surface area contributed by atoms with Gasteiger partial charge in [-0.3, -0.25) is 4.79 Å². The van der Waals surface area contributed by atoms with E-state index in [1.165, 1.54) is 0 Å². The summed E-state index contributed by atoms with van der Waals surface area (Å²) in [5.74, 6) is 0.681. The Balaban J connectivity index is 1.71. The molecular formula is C19H24ClN5O. The van der Waals surface area contributed by atoms with Crippen LogP contribution in [0.25, 0.3) is 0 Å². The summed E-state index contributed by atoms with van der Waals surface area (Å²) in [6, 6.07) is 7.11. The van der Waals surface area contributed by atoms with Gasteiger partial charge < -0.3 is 9.80 Å². The van der Waals surface area contributed by atoms with Crippen LogP contribution in [-0.4, -0.2) is 52.2 Å². The lowest BCUT2D eigenvalue weighted by molar-refractivity contribution is 0.0767. The lowest BCUT2D eigenvalue weighted by atomic mass is 10.2. The van der Waals surface area contributed by atoms with Crippen LogP contribution < -0.4 is 4.90 Å². The van der Waals surface area contributed by atoms with Crippen molar-refractivity contribution < 1.29 is 4.79 Å². The van der Waals surface area contributed by atoms with Crippen molar-refractivity contribution in [3.8, 4) is 0 Å². The van der Waals surface area contributed by atoms with Gasteiger partial charge in [0.2, 0.25) is 5.95 Å². The first-order chi connectivity index (χ1) is 12.6. The highest BCUT2D eigenvalue weighted by atomic mass is 35.5. The number of benzene rings is 1. The van der Waals surface area contributed by atoms with Gasteiger partial charge in [0.1, 0.15) is 0 Å². The molecule has 7 heteroatoms. The van der Waals surface area contributed by atoms with Gasteiger partial charge in [-0.25, -0.2) is 4.98 Å². The van der Waals surface area contributed by atoms with Crippen LogP contribution in [0.4, 0.5) is 5.95 Å². The fourth-order valence-electron chi connectivity index (χ4n) is 3.19. The molecule has 0 unspecified atom stereocenters. The van der Waals surface area contributed by atoms with E-state index in [-0.39, 0.29) is 5.91 Å². The number of carbonyl (C=O) groups excluding carboxylic acids is 1. The Hall–Kier alpha value is -2.21. The van der Waals surface area contributed by atoms with Crippen LogP contribution in [0.3, 0.4) is 0 Å². The highest BCUT2D eigenvalue weighted by Gasteiger charge is 2.22. The molecule has 1 fully saturated rings. The summed E-state index contributed by atoms with van der Waals surface area (Å²) in [7, 11) is 0. The van der Waals surface area contributed by atoms with E-state index in [4.69, 9.17) is 16.6 Å². The number of carbonyl (C=O) groups is 1. The van der Waals surface area contributed by atoms with Crippen LogP contribution in [0.1, 0.15) is 42.0 Å². The Morgan fingerprint density at radius 3 is 2.62 bits per heavy atom. The zero-order valence-electron chi connectivity index (χ0n) is 15.3. The van der Waals surface area contributed by atoms with Crippen molar-refractivity contribution in [3.63, 3.8) is 0 Å². The number of anilines is 1. The van der Waals surface area contributed by atoms with E-state index < -0.39 is 0 Å². The first-order valence-corrected chi connectivity index (χ1v) is 9.52. The minimum atomic E-state index is 0.0176. The third kappa shape index (κ3) is 4.12. The fourth-order valence-corrected chi connectivity index (χ4v) is 3.38. The Kier molecular flexibility index (Phi) is 6.04. The van der Waals surface area contributed by atoms with Gasteiger partial charge in [-0.1, -0.05) is 31.5 Å². The highest BCUT2D eigenvalue weighted by molar-refractivity contribution is 6.30. The van der Waals surface area contributed by atoms with E-state index >= 15 is 0 Å². The molecule has 1 aliphatic heterocycles. The molecule has 0 bridgehead atoms. The van der Waals surface area contributed by atoms with Crippen molar-refractivity contribution in [1.29, 1.82) is 0 Å². The SMILES string of the molecule is CCc1nnc(N2CCCN(C(=O)c3cccc(Cl)c3)CC2)nc1CC. The molecule has 0 radical (unpaired) electrons. The molecule has 26 heavy (non-hydrogen) atoms. The maximum atomic E-state index is 12.7. The molecular weight excluding hydrogens is 350 g/mol. The molecule has 0 spiro atoms. The molecule has 3 rings (SSSR count). The zero-order valence-corrected chi connectivity index (χ0v) is 16.0. The van der Waals surface area contributed by atoms with E-state index in [0.29, 0.717) is 36.2 Å². The molecule has 1 aliphatic rings. The van der Waals surface area contributed by atoms with Gasteiger partial charge in [-0.05, 0) is 37.5 Å². The first kappa shape index (κ1) is 18.6. The number of hydrogen-bond donors (Lipinski definition) is 0. The molecule has 1 amide bonds. The summed E-state index contributed by atoms with van der Waals surface area (Å²) in [6.45, 7) is 7.00. The van der Waals surface area contributed by atoms with Crippen molar-refractivity contribution in [2.45, 2.75) is 33.1 Å². The molecule has 2 heterocycles. The van der Waals surface area contributed by atoms with Crippen molar-refractivity contribution in [2.75, 3.05) is 31.1 Å². The Labute approximate surface area is 159 Å². The van der Waals surface area contributed by atoms with Gasteiger partial charge in [0, 0.05) is 36.8 Å². The molecule has 138 valence electrons. The number of amides is 1. The topological polar surface area (TPSA) is 62.2 Å². The second-order valence-electron chi connectivity index (χ2n) is 6.36. The minimum absolute atomic E-state index is 0.0176. The second-order valence-corrected chi connectivity index (χ2v) is 6.79. The summed E-state index contributed by atoms with van der Waals surface area (Å²) in [6.07, 6.45) is 2.55. The van der Waals surface area contributed by atoms with Crippen LogP contribution in [-0.2, 0) is 12.8 Å². The molecule has 0 saturated carbocycles. The van der Waals surface area contributed by atoms with E-state index in [2.05, 4.69) is 28.9 Å². The highest BCUT2D eigenvalue weighted by Crippen LogP contribution is 2.17. The zero-order chi connectivity index (χ0) is 18.5. The lowest BCUT2D eigenvalue weighted by Crippen LogP contribution is -2.35. The molecule has 1 aromatic carbocycles. The van der Waals surface area contributed by atoms with Crippen molar-refractivity contribution in [3.05, 3.63) is 46.2 Å². The van der Waals surface area contributed by atoms with Crippen molar-refractivity contribution >= 4 is 23.5 Å². The van der Waals surface area contributed by atoms with E-state index in [0.717, 1.165) is 37.2 Å². The third-order valence-corrected chi connectivity index (χ3v) is 4.87. The van der Waals surface area contributed by atoms with Gasteiger partial charge in [0.15, 0.2) is 0 Å². The first-order valence-electron chi connectivity index (χ1n) is 9.14. The van der Waals surface area contributed by atoms with Gasteiger partial charge >= 0.3 is 0 Å². The number of aromatic nitrogens is 3. The predicted molar refractivity (Wildman–Crippen MR) is 103 cm³/mol. The predicted octanol–water partition coefficient (Wildman–Crippen LogP) is 3.00.